The fraction of sp³-hybridized carbons (Fsp3) is 0.429. The van der Waals surface area contributed by atoms with Crippen molar-refractivity contribution < 1.29 is 18.0 Å². The minimum atomic E-state index is -4.31. The Morgan fingerprint density at radius 3 is 2.48 bits per heavy atom. The summed E-state index contributed by atoms with van der Waals surface area (Å²) in [6.07, 6.45) is -0.971. The molecule has 0 N–H and O–H groups in total. The van der Waals surface area contributed by atoms with Gasteiger partial charge in [-0.1, -0.05) is 0 Å². The van der Waals surface area contributed by atoms with Gasteiger partial charge in [0.05, 0.1) is 6.20 Å². The number of rotatable bonds is 4. The number of hydrogen-bond acceptors (Lipinski definition) is 2. The van der Waals surface area contributed by atoms with Crippen molar-refractivity contribution in [2.45, 2.75) is 40.0 Å². The Balaban J connectivity index is 2.24. The number of ketones is 1. The zero-order valence-electron chi connectivity index (χ0n) is 12.0. The second-order valence-electron chi connectivity index (χ2n) is 5.12. The number of Topliss-reactive ketones (excluding diaryl/α,β-unsaturated/α-hetero) is 1. The van der Waals surface area contributed by atoms with Gasteiger partial charge in [0.15, 0.2) is 5.78 Å². The van der Waals surface area contributed by atoms with Crippen molar-refractivity contribution in [1.82, 2.24) is 14.3 Å². The van der Waals surface area contributed by atoms with E-state index < -0.39 is 12.7 Å². The molecule has 21 heavy (non-hydrogen) atoms. The highest BCUT2D eigenvalue weighted by atomic mass is 19.4. The number of aromatic nitrogens is 3. The van der Waals surface area contributed by atoms with Gasteiger partial charge < -0.3 is 4.57 Å². The molecule has 2 heterocycles. The highest BCUT2D eigenvalue weighted by molar-refractivity contribution is 5.97. The minimum Gasteiger partial charge on any atom is -0.339 e. The van der Waals surface area contributed by atoms with Gasteiger partial charge in [-0.2, -0.15) is 18.3 Å². The van der Waals surface area contributed by atoms with Crippen molar-refractivity contribution in [2.24, 2.45) is 0 Å². The molecule has 114 valence electrons. The van der Waals surface area contributed by atoms with Crippen LogP contribution in [-0.4, -0.2) is 26.3 Å². The van der Waals surface area contributed by atoms with Crippen LogP contribution in [0.3, 0.4) is 0 Å². The average molecular weight is 299 g/mol. The fourth-order valence-electron chi connectivity index (χ4n) is 2.29. The lowest BCUT2D eigenvalue weighted by Gasteiger charge is -2.12. The largest absolute Gasteiger partial charge is 0.406 e. The van der Waals surface area contributed by atoms with Gasteiger partial charge in [-0.3, -0.25) is 9.48 Å². The monoisotopic (exact) mass is 299 g/mol. The lowest BCUT2D eigenvalue weighted by molar-refractivity contribution is -0.141. The van der Waals surface area contributed by atoms with Gasteiger partial charge >= 0.3 is 6.18 Å². The molecule has 0 fully saturated rings. The Morgan fingerprint density at radius 1 is 1.29 bits per heavy atom. The highest BCUT2D eigenvalue weighted by Crippen LogP contribution is 2.23. The molecule has 0 aliphatic heterocycles. The zero-order chi connectivity index (χ0) is 15.8. The van der Waals surface area contributed by atoms with Crippen LogP contribution >= 0.6 is 0 Å². The second kappa shape index (κ2) is 5.38. The normalized spacial score (nSPS) is 11.9. The molecule has 4 nitrogen and oxygen atoms in total. The second-order valence-corrected chi connectivity index (χ2v) is 5.12. The van der Waals surface area contributed by atoms with E-state index in [2.05, 4.69) is 5.10 Å². The molecule has 0 aliphatic carbocycles. The van der Waals surface area contributed by atoms with E-state index in [1.807, 2.05) is 6.92 Å². The SMILES string of the molecule is Cc1cnn(CC(=O)c2cc(C)n(CC(F)(F)F)c2C)c1. The number of halogens is 3. The Morgan fingerprint density at radius 2 is 1.95 bits per heavy atom. The van der Waals surface area contributed by atoms with E-state index in [1.165, 1.54) is 17.7 Å². The summed E-state index contributed by atoms with van der Waals surface area (Å²) in [4.78, 5) is 12.2. The lowest BCUT2D eigenvalue weighted by Crippen LogP contribution is -2.20. The molecule has 2 rings (SSSR count). The molecule has 0 saturated heterocycles. The van der Waals surface area contributed by atoms with Crippen molar-refractivity contribution in [3.63, 3.8) is 0 Å². The smallest absolute Gasteiger partial charge is 0.339 e. The standard InChI is InChI=1S/C14H16F3N3O/c1-9-5-18-19(6-9)7-13(21)12-4-10(2)20(11(12)3)8-14(15,16)17/h4-6H,7-8H2,1-3H3. The van der Waals surface area contributed by atoms with Crippen LogP contribution in [0.1, 0.15) is 27.3 Å². The summed E-state index contributed by atoms with van der Waals surface area (Å²) in [6, 6.07) is 1.50. The molecule has 0 bridgehead atoms. The maximum atomic E-state index is 12.5. The quantitative estimate of drug-likeness (QED) is 0.814. The van der Waals surface area contributed by atoms with E-state index in [9.17, 15) is 18.0 Å². The summed E-state index contributed by atoms with van der Waals surface area (Å²) in [5.41, 5.74) is 1.98. The predicted molar refractivity (Wildman–Crippen MR) is 71.3 cm³/mol. The Labute approximate surface area is 120 Å². The van der Waals surface area contributed by atoms with Crippen LogP contribution in [0.2, 0.25) is 0 Å². The summed E-state index contributed by atoms with van der Waals surface area (Å²) < 4.78 is 40.2. The first kappa shape index (κ1) is 15.3. The van der Waals surface area contributed by atoms with E-state index in [0.717, 1.165) is 10.1 Å². The van der Waals surface area contributed by atoms with E-state index in [4.69, 9.17) is 0 Å². The van der Waals surface area contributed by atoms with Crippen LogP contribution in [0.15, 0.2) is 18.5 Å². The van der Waals surface area contributed by atoms with Crippen molar-refractivity contribution in [1.29, 1.82) is 0 Å². The van der Waals surface area contributed by atoms with Crippen LogP contribution in [0.5, 0.6) is 0 Å². The fourth-order valence-corrected chi connectivity index (χ4v) is 2.29. The Hall–Kier alpha value is -2.05. The van der Waals surface area contributed by atoms with Gasteiger partial charge in [-0.25, -0.2) is 0 Å². The van der Waals surface area contributed by atoms with Crippen molar-refractivity contribution in [2.75, 3.05) is 0 Å². The van der Waals surface area contributed by atoms with Gasteiger partial charge in [-0.05, 0) is 32.4 Å². The number of alkyl halides is 3. The molecule has 0 aliphatic rings. The van der Waals surface area contributed by atoms with Crippen molar-refractivity contribution in [3.05, 3.63) is 41.0 Å². The number of aryl methyl sites for hydroxylation is 2. The van der Waals surface area contributed by atoms with Gasteiger partial charge in [-0.15, -0.1) is 0 Å². The van der Waals surface area contributed by atoms with E-state index >= 15 is 0 Å². The maximum Gasteiger partial charge on any atom is 0.406 e. The molecular formula is C14H16F3N3O. The van der Waals surface area contributed by atoms with Crippen LogP contribution in [-0.2, 0) is 13.1 Å². The molecule has 0 radical (unpaired) electrons. The van der Waals surface area contributed by atoms with Crippen LogP contribution < -0.4 is 0 Å². The van der Waals surface area contributed by atoms with E-state index in [0.29, 0.717) is 17.0 Å². The summed E-state index contributed by atoms with van der Waals surface area (Å²) >= 11 is 0. The molecule has 0 amide bonds. The topological polar surface area (TPSA) is 39.8 Å². The molecule has 7 heteroatoms. The summed E-state index contributed by atoms with van der Waals surface area (Å²) in [5.74, 6) is -0.250. The third-order valence-corrected chi connectivity index (χ3v) is 3.28. The molecule has 2 aromatic heterocycles. The number of carbonyl (C=O) groups is 1. The van der Waals surface area contributed by atoms with Crippen LogP contribution in [0, 0.1) is 20.8 Å². The van der Waals surface area contributed by atoms with Gasteiger partial charge in [0.1, 0.15) is 13.1 Å². The van der Waals surface area contributed by atoms with Crippen LogP contribution in [0.25, 0.3) is 0 Å². The third-order valence-electron chi connectivity index (χ3n) is 3.28. The van der Waals surface area contributed by atoms with Crippen LogP contribution in [0.4, 0.5) is 13.2 Å². The lowest BCUT2D eigenvalue weighted by atomic mass is 10.1. The first-order valence-electron chi connectivity index (χ1n) is 6.43. The third kappa shape index (κ3) is 3.53. The number of carbonyl (C=O) groups excluding carboxylic acids is 1. The first-order chi connectivity index (χ1) is 9.67. The van der Waals surface area contributed by atoms with Crippen molar-refractivity contribution >= 4 is 5.78 Å². The van der Waals surface area contributed by atoms with Gasteiger partial charge in [0, 0.05) is 23.1 Å². The maximum absolute atomic E-state index is 12.5. The highest BCUT2D eigenvalue weighted by Gasteiger charge is 2.30. The van der Waals surface area contributed by atoms with Crippen molar-refractivity contribution in [3.8, 4) is 0 Å². The molecule has 2 aromatic rings. The Kier molecular flexibility index (Phi) is 3.93. The molecular weight excluding hydrogens is 283 g/mol. The molecule has 0 saturated carbocycles. The Bertz CT molecular complexity index is 668. The number of nitrogens with zero attached hydrogens (tertiary/aromatic N) is 3. The van der Waals surface area contributed by atoms with Gasteiger partial charge in [0.2, 0.25) is 0 Å². The number of hydrogen-bond donors (Lipinski definition) is 0. The average Bonchev–Trinajstić information content (AvgIpc) is 2.86. The molecule has 0 spiro atoms. The summed E-state index contributed by atoms with van der Waals surface area (Å²) in [6.45, 7) is 3.88. The molecule has 0 aromatic carbocycles. The molecule has 0 atom stereocenters. The van der Waals surface area contributed by atoms with E-state index in [1.54, 1.807) is 19.3 Å². The van der Waals surface area contributed by atoms with Gasteiger partial charge in [0.25, 0.3) is 0 Å². The van der Waals surface area contributed by atoms with E-state index in [-0.39, 0.29) is 12.3 Å². The molecule has 0 unspecified atom stereocenters. The minimum absolute atomic E-state index is 0.0180. The predicted octanol–water partition coefficient (Wildman–Crippen LogP) is 3.06. The summed E-state index contributed by atoms with van der Waals surface area (Å²) in [7, 11) is 0. The summed E-state index contributed by atoms with van der Waals surface area (Å²) in [5, 5.41) is 4.01. The zero-order valence-corrected chi connectivity index (χ0v) is 12.0. The first-order valence-corrected chi connectivity index (χ1v) is 6.43.